The number of hydrogen-bond acceptors (Lipinski definition) is 6. The Hall–Kier alpha value is -2.85. The Kier molecular flexibility index (Phi) is 5.05. The van der Waals surface area contributed by atoms with Crippen LogP contribution in [0.5, 0.6) is 0 Å². The van der Waals surface area contributed by atoms with Gasteiger partial charge >= 0.3 is 0 Å². The molecule has 10 heteroatoms. The van der Waals surface area contributed by atoms with Crippen molar-refractivity contribution in [3.8, 4) is 10.6 Å². The molecule has 0 bridgehead atoms. The zero-order valence-corrected chi connectivity index (χ0v) is 18.2. The normalized spacial score (nSPS) is 11.5. The highest BCUT2D eigenvalue weighted by Crippen LogP contribution is 2.29. The van der Waals surface area contributed by atoms with Crippen LogP contribution >= 0.6 is 23.6 Å². The van der Waals surface area contributed by atoms with Crippen molar-refractivity contribution in [3.05, 3.63) is 45.4 Å². The Balaban J connectivity index is 1.73. The van der Waals surface area contributed by atoms with Gasteiger partial charge in [0.2, 0.25) is 0 Å². The average molecular weight is 428 g/mol. The molecule has 0 fully saturated rings. The number of pyridine rings is 1. The molecular formula is C19H21N7OS2. The van der Waals surface area contributed by atoms with E-state index in [1.165, 1.54) is 0 Å². The Morgan fingerprint density at radius 3 is 2.90 bits per heavy atom. The number of hydrogen-bond donors (Lipinski definition) is 2. The number of carbonyl (C=O) groups is 1. The fourth-order valence-corrected chi connectivity index (χ4v) is 4.47. The largest absolute Gasteiger partial charge is 0.345 e. The van der Waals surface area contributed by atoms with Crippen molar-refractivity contribution in [2.24, 2.45) is 7.05 Å². The first-order valence-electron chi connectivity index (χ1n) is 9.19. The van der Waals surface area contributed by atoms with Crippen molar-refractivity contribution in [2.75, 3.05) is 0 Å². The average Bonchev–Trinajstić information content (AvgIpc) is 3.39. The number of nitrogens with one attached hydrogen (secondary N) is 2. The number of H-pyrrole nitrogens is 1. The van der Waals surface area contributed by atoms with Crippen molar-refractivity contribution in [1.29, 1.82) is 0 Å². The third kappa shape index (κ3) is 3.49. The van der Waals surface area contributed by atoms with Crippen LogP contribution in [-0.2, 0) is 13.6 Å². The van der Waals surface area contributed by atoms with Gasteiger partial charge in [0.15, 0.2) is 16.2 Å². The molecule has 2 N–H and O–H groups in total. The maximum atomic E-state index is 13.2. The van der Waals surface area contributed by atoms with E-state index in [9.17, 15) is 4.79 Å². The second-order valence-corrected chi connectivity index (χ2v) is 8.37. The smallest absolute Gasteiger partial charge is 0.252 e. The lowest BCUT2D eigenvalue weighted by atomic mass is 10.1. The zero-order chi connectivity index (χ0) is 20.7. The van der Waals surface area contributed by atoms with Crippen LogP contribution in [0, 0.1) is 11.7 Å². The predicted octanol–water partition coefficient (Wildman–Crippen LogP) is 3.77. The van der Waals surface area contributed by atoms with Gasteiger partial charge in [0, 0.05) is 13.1 Å². The molecule has 0 aliphatic rings. The number of aromatic amines is 1. The van der Waals surface area contributed by atoms with Gasteiger partial charge in [0.1, 0.15) is 0 Å². The second-order valence-electron chi connectivity index (χ2n) is 7.03. The molecule has 0 aromatic carbocycles. The van der Waals surface area contributed by atoms with Crippen LogP contribution in [-0.4, -0.2) is 35.4 Å². The van der Waals surface area contributed by atoms with E-state index in [1.807, 2.05) is 56.0 Å². The van der Waals surface area contributed by atoms with Gasteiger partial charge < -0.3 is 9.88 Å². The molecule has 0 aliphatic carbocycles. The summed E-state index contributed by atoms with van der Waals surface area (Å²) in [6.07, 6.45) is 0. The number of amides is 1. The van der Waals surface area contributed by atoms with Crippen LogP contribution in [0.4, 0.5) is 0 Å². The van der Waals surface area contributed by atoms with Gasteiger partial charge in [-0.3, -0.25) is 14.6 Å². The van der Waals surface area contributed by atoms with Gasteiger partial charge in [-0.25, -0.2) is 4.98 Å². The van der Waals surface area contributed by atoms with Gasteiger partial charge in [-0.05, 0) is 50.5 Å². The molecule has 0 unspecified atom stereocenters. The van der Waals surface area contributed by atoms with E-state index >= 15 is 0 Å². The number of thiophene rings is 1. The predicted molar refractivity (Wildman–Crippen MR) is 116 cm³/mol. The van der Waals surface area contributed by atoms with E-state index in [0.29, 0.717) is 21.8 Å². The maximum Gasteiger partial charge on any atom is 0.252 e. The van der Waals surface area contributed by atoms with Crippen LogP contribution in [0.15, 0.2) is 23.6 Å². The Morgan fingerprint density at radius 2 is 2.21 bits per heavy atom. The first kappa shape index (κ1) is 19.5. The summed E-state index contributed by atoms with van der Waals surface area (Å²) in [5.74, 6) is 0.487. The second kappa shape index (κ2) is 7.53. The molecule has 0 radical (unpaired) electrons. The summed E-state index contributed by atoms with van der Waals surface area (Å²) < 4.78 is 4.14. The summed E-state index contributed by atoms with van der Waals surface area (Å²) in [7, 11) is 1.84. The molecule has 0 spiro atoms. The topological polar surface area (TPSA) is 93.4 Å². The van der Waals surface area contributed by atoms with Gasteiger partial charge in [0.05, 0.1) is 33.8 Å². The number of aryl methyl sites for hydroxylation is 2. The minimum Gasteiger partial charge on any atom is -0.345 e. The van der Waals surface area contributed by atoms with Gasteiger partial charge in [-0.1, -0.05) is 6.07 Å². The standard InChI is InChI=1S/C19H21N7OS2/c1-10(2)26-15(22-23-19(26)28)9-20-18(27)12-8-13(14-6-5-7-29-14)21-17-16(12)11(3)24-25(17)4/h5-8,10H,9H2,1-4H3,(H,20,27)(H,23,28). The molecule has 4 aromatic rings. The van der Waals surface area contributed by atoms with Gasteiger partial charge in [-0.15, -0.1) is 11.3 Å². The molecule has 0 saturated heterocycles. The number of aromatic nitrogens is 6. The fourth-order valence-electron chi connectivity index (χ4n) is 3.42. The van der Waals surface area contributed by atoms with Crippen molar-refractivity contribution in [1.82, 2.24) is 34.8 Å². The molecule has 4 rings (SSSR count). The highest BCUT2D eigenvalue weighted by Gasteiger charge is 2.20. The molecule has 4 heterocycles. The summed E-state index contributed by atoms with van der Waals surface area (Å²) in [4.78, 5) is 18.9. The first-order chi connectivity index (χ1) is 13.9. The van der Waals surface area contributed by atoms with Crippen molar-refractivity contribution in [2.45, 2.75) is 33.4 Å². The Bertz CT molecular complexity index is 1250. The van der Waals surface area contributed by atoms with E-state index in [-0.39, 0.29) is 18.5 Å². The molecule has 0 saturated carbocycles. The SMILES string of the molecule is Cc1nn(C)c2nc(-c3cccs3)cc(C(=O)NCc3n[nH]c(=S)n3C(C)C)c12. The van der Waals surface area contributed by atoms with Crippen molar-refractivity contribution < 1.29 is 4.79 Å². The first-order valence-corrected chi connectivity index (χ1v) is 10.5. The summed E-state index contributed by atoms with van der Waals surface area (Å²) in [5, 5.41) is 17.2. The van der Waals surface area contributed by atoms with Crippen LogP contribution in [0.3, 0.4) is 0 Å². The number of rotatable bonds is 5. The molecule has 29 heavy (non-hydrogen) atoms. The van der Waals surface area contributed by atoms with Gasteiger partial charge in [0.25, 0.3) is 5.91 Å². The van der Waals surface area contributed by atoms with Crippen molar-refractivity contribution in [3.63, 3.8) is 0 Å². The third-order valence-electron chi connectivity index (χ3n) is 4.69. The molecule has 0 atom stereocenters. The number of carbonyl (C=O) groups excluding carboxylic acids is 1. The summed E-state index contributed by atoms with van der Waals surface area (Å²) in [6.45, 7) is 6.20. The van der Waals surface area contributed by atoms with Gasteiger partial charge in [-0.2, -0.15) is 10.2 Å². The van der Waals surface area contributed by atoms with Crippen LogP contribution in [0.2, 0.25) is 0 Å². The zero-order valence-electron chi connectivity index (χ0n) is 16.6. The molecule has 1 amide bonds. The quantitative estimate of drug-likeness (QED) is 0.473. The monoisotopic (exact) mass is 427 g/mol. The van der Waals surface area contributed by atoms with E-state index in [0.717, 1.165) is 21.7 Å². The minimum atomic E-state index is -0.199. The third-order valence-corrected chi connectivity index (χ3v) is 5.87. The number of fused-ring (bicyclic) bond motifs is 1. The number of nitrogens with zero attached hydrogens (tertiary/aromatic N) is 5. The summed E-state index contributed by atoms with van der Waals surface area (Å²) in [6, 6.07) is 5.93. The highest BCUT2D eigenvalue weighted by atomic mass is 32.1. The molecule has 150 valence electrons. The fraction of sp³-hybridized carbons (Fsp3) is 0.316. The summed E-state index contributed by atoms with van der Waals surface area (Å²) >= 11 is 6.87. The highest BCUT2D eigenvalue weighted by molar-refractivity contribution is 7.71. The van der Waals surface area contributed by atoms with Crippen LogP contribution in [0.25, 0.3) is 21.6 Å². The summed E-state index contributed by atoms with van der Waals surface area (Å²) in [5.41, 5.74) is 2.76. The van der Waals surface area contributed by atoms with E-state index < -0.39 is 0 Å². The minimum absolute atomic E-state index is 0.145. The van der Waals surface area contributed by atoms with Crippen LogP contribution < -0.4 is 5.32 Å². The molecule has 4 aromatic heterocycles. The lowest BCUT2D eigenvalue weighted by Crippen LogP contribution is -2.25. The van der Waals surface area contributed by atoms with Crippen molar-refractivity contribution >= 4 is 40.5 Å². The van der Waals surface area contributed by atoms with E-state index in [1.54, 1.807) is 16.0 Å². The Labute approximate surface area is 176 Å². The van der Waals surface area contributed by atoms with Crippen LogP contribution in [0.1, 0.15) is 41.8 Å². The molecule has 8 nitrogen and oxygen atoms in total. The van der Waals surface area contributed by atoms with E-state index in [2.05, 4.69) is 20.6 Å². The lowest BCUT2D eigenvalue weighted by molar-refractivity contribution is 0.0951. The molecule has 0 aliphatic heterocycles. The lowest BCUT2D eigenvalue weighted by Gasteiger charge is -2.12. The van der Waals surface area contributed by atoms with E-state index in [4.69, 9.17) is 17.2 Å². The Morgan fingerprint density at radius 1 is 1.41 bits per heavy atom. The molecular weight excluding hydrogens is 406 g/mol. The maximum absolute atomic E-state index is 13.2.